The molecule has 2 aromatic heterocycles. The zero-order valence-corrected chi connectivity index (χ0v) is 19.2. The number of carbonyl (C=O) groups excluding carboxylic acids is 1. The monoisotopic (exact) mass is 515 g/mol. The number of rotatable bonds is 7. The second-order valence-electron chi connectivity index (χ2n) is 7.76. The average molecular weight is 516 g/mol. The summed E-state index contributed by atoms with van der Waals surface area (Å²) in [6.07, 6.45) is -0.237. The van der Waals surface area contributed by atoms with Crippen LogP contribution in [0.1, 0.15) is 27.2 Å². The number of halogens is 2. The van der Waals surface area contributed by atoms with E-state index < -0.39 is 17.7 Å². The lowest BCUT2D eigenvalue weighted by molar-refractivity contribution is 0.152. The van der Waals surface area contributed by atoms with E-state index in [4.69, 9.17) is 19.6 Å². The lowest BCUT2D eigenvalue weighted by atomic mass is 9.90. The Labute approximate surface area is 188 Å². The first kappa shape index (κ1) is 23.0. The minimum Gasteiger partial charge on any atom is -0.449 e. The molecule has 0 aliphatic heterocycles. The number of nitrogens with zero attached hydrogens (tertiary/aromatic N) is 4. The second kappa shape index (κ2) is 9.22. The number of amides is 1. The van der Waals surface area contributed by atoms with E-state index in [9.17, 15) is 14.0 Å². The maximum absolute atomic E-state index is 13.6. The van der Waals surface area contributed by atoms with Gasteiger partial charge in [0.1, 0.15) is 12.4 Å². The Hall–Kier alpha value is -2.67. The number of benzene rings is 1. The minimum atomic E-state index is -0.884. The van der Waals surface area contributed by atoms with Crippen LogP contribution in [0.25, 0.3) is 17.2 Å². The van der Waals surface area contributed by atoms with Crippen molar-refractivity contribution in [2.24, 2.45) is 11.1 Å². The largest absolute Gasteiger partial charge is 0.449 e. The fourth-order valence-corrected chi connectivity index (χ4v) is 4.51. The Morgan fingerprint density at radius 2 is 2.10 bits per heavy atom. The maximum Gasteiger partial charge on any atom is 0.446 e. The summed E-state index contributed by atoms with van der Waals surface area (Å²) in [6, 6.07) is 3.99. The van der Waals surface area contributed by atoms with Gasteiger partial charge in [-0.25, -0.2) is 23.2 Å². The van der Waals surface area contributed by atoms with Crippen LogP contribution in [0.5, 0.6) is 0 Å². The predicted molar refractivity (Wildman–Crippen MR) is 112 cm³/mol. The molecular weight excluding hydrogens is 497 g/mol. The Morgan fingerprint density at radius 3 is 2.74 bits per heavy atom. The van der Waals surface area contributed by atoms with Gasteiger partial charge in [-0.1, -0.05) is 37.7 Å². The van der Waals surface area contributed by atoms with Gasteiger partial charge in [0.2, 0.25) is 5.82 Å². The van der Waals surface area contributed by atoms with Crippen molar-refractivity contribution in [3.63, 3.8) is 0 Å². The summed E-state index contributed by atoms with van der Waals surface area (Å²) in [4.78, 5) is 23.4. The quantitative estimate of drug-likeness (QED) is 0.465. The van der Waals surface area contributed by atoms with Gasteiger partial charge in [0, 0.05) is 5.25 Å². The summed E-state index contributed by atoms with van der Waals surface area (Å²) in [5, 5.41) is 11.6. The molecule has 0 saturated heterocycles. The molecule has 13 heteroatoms. The number of primary amides is 1. The summed E-state index contributed by atoms with van der Waals surface area (Å²) in [7, 11) is 0. The molecule has 1 amide bonds. The molecule has 3 aromatic rings. The fourth-order valence-electron chi connectivity index (χ4n) is 2.80. The normalized spacial score (nSPS) is 12.7. The first-order valence-corrected chi connectivity index (χ1v) is 10.7. The molecule has 166 valence electrons. The first-order valence-electron chi connectivity index (χ1n) is 9.01. The summed E-state index contributed by atoms with van der Waals surface area (Å²) in [6.45, 7) is 6.15. The number of carbonyl (C=O) groups is 1. The number of thioether (sulfide) groups is 1. The van der Waals surface area contributed by atoms with Gasteiger partial charge in [0.05, 0.1) is 10.2 Å². The van der Waals surface area contributed by atoms with Crippen LogP contribution in [0.4, 0.5) is 9.18 Å². The van der Waals surface area contributed by atoms with Gasteiger partial charge in [0.25, 0.3) is 0 Å². The van der Waals surface area contributed by atoms with Gasteiger partial charge in [0.15, 0.2) is 10.7 Å². The van der Waals surface area contributed by atoms with Crippen molar-refractivity contribution in [1.29, 1.82) is 0 Å². The van der Waals surface area contributed by atoms with E-state index in [1.54, 1.807) is 0 Å². The van der Waals surface area contributed by atoms with E-state index >= 15 is 0 Å². The molecule has 1 aromatic carbocycles. The fraction of sp³-hybridized carbons (Fsp3) is 0.389. The first-order chi connectivity index (χ1) is 14.5. The Kier molecular flexibility index (Phi) is 6.84. The van der Waals surface area contributed by atoms with Gasteiger partial charge in [-0.3, -0.25) is 4.52 Å². The van der Waals surface area contributed by atoms with Gasteiger partial charge in [-0.2, -0.15) is 0 Å². The Bertz CT molecular complexity index is 1140. The van der Waals surface area contributed by atoms with E-state index in [-0.39, 0.29) is 33.3 Å². The van der Waals surface area contributed by atoms with Crippen molar-refractivity contribution in [2.75, 3.05) is 6.61 Å². The zero-order chi connectivity index (χ0) is 22.8. The van der Waals surface area contributed by atoms with Crippen molar-refractivity contribution in [3.8, 4) is 17.2 Å². The topological polar surface area (TPSA) is 139 Å². The van der Waals surface area contributed by atoms with Crippen molar-refractivity contribution in [2.45, 2.75) is 37.5 Å². The molecule has 1 unspecified atom stereocenters. The molecule has 0 aliphatic rings. The van der Waals surface area contributed by atoms with Crippen molar-refractivity contribution >= 4 is 33.8 Å². The summed E-state index contributed by atoms with van der Waals surface area (Å²) in [5.41, 5.74) is 5.46. The third kappa shape index (κ3) is 5.73. The third-order valence-corrected chi connectivity index (χ3v) is 5.70. The Balaban J connectivity index is 1.97. The molecule has 2 N–H and O–H groups in total. The van der Waals surface area contributed by atoms with Crippen LogP contribution in [-0.4, -0.2) is 38.0 Å². The molecule has 0 bridgehead atoms. The van der Waals surface area contributed by atoms with Crippen molar-refractivity contribution in [3.05, 3.63) is 39.0 Å². The number of aromatic nitrogens is 4. The third-order valence-electron chi connectivity index (χ3n) is 3.97. The molecule has 2 heterocycles. The molecule has 0 radical (unpaired) electrons. The number of hydrogen-bond donors (Lipinski definition) is 1. The minimum absolute atomic E-state index is 0.0255. The van der Waals surface area contributed by atoms with Gasteiger partial charge >= 0.3 is 11.8 Å². The number of nitrogens with two attached hydrogens (primary N) is 1. The second-order valence-corrected chi connectivity index (χ2v) is 9.90. The number of hydrogen-bond acceptors (Lipinski definition) is 9. The molecule has 0 spiro atoms. The van der Waals surface area contributed by atoms with Crippen LogP contribution < -0.4 is 11.5 Å². The average Bonchev–Trinajstić information content (AvgIpc) is 3.27. The molecule has 10 nitrogen and oxygen atoms in total. The molecule has 0 saturated carbocycles. The standard InChI is InChI=1S/C18H19BrFN5O5S/c1-18(2,3)7-10(8-28-16(21)26)31-15-13(22-30-24-15)14-23-29-17(27)25(14)9-4-5-12(20)11(19)6-9/h4-6,10H,7-8H2,1-3H3,(H2,21,26). The predicted octanol–water partition coefficient (Wildman–Crippen LogP) is 3.77. The SMILES string of the molecule is CC(C)(C)CC(COC(N)=O)Sc1nonc1-c1noc(=O)n1-c1ccc(F)c(Br)c1. The van der Waals surface area contributed by atoms with E-state index in [2.05, 4.69) is 31.4 Å². The lowest BCUT2D eigenvalue weighted by Crippen LogP contribution is -2.24. The van der Waals surface area contributed by atoms with Gasteiger partial charge in [-0.05, 0) is 56.3 Å². The highest BCUT2D eigenvalue weighted by atomic mass is 79.9. The van der Waals surface area contributed by atoms with Gasteiger partial charge < -0.3 is 10.5 Å². The molecule has 0 aliphatic carbocycles. The molecular formula is C18H19BrFN5O5S. The highest BCUT2D eigenvalue weighted by Gasteiger charge is 2.28. The van der Waals surface area contributed by atoms with Crippen LogP contribution >= 0.6 is 27.7 Å². The maximum atomic E-state index is 13.6. The van der Waals surface area contributed by atoms with Crippen molar-refractivity contribution in [1.82, 2.24) is 20.0 Å². The molecule has 3 rings (SSSR count). The number of ether oxygens (including phenoxy) is 1. The van der Waals surface area contributed by atoms with Crippen LogP contribution in [0.2, 0.25) is 0 Å². The highest BCUT2D eigenvalue weighted by Crippen LogP contribution is 2.36. The molecule has 0 fully saturated rings. The van der Waals surface area contributed by atoms with Crippen molar-refractivity contribution < 1.29 is 23.1 Å². The highest BCUT2D eigenvalue weighted by molar-refractivity contribution is 9.10. The van der Waals surface area contributed by atoms with Gasteiger partial charge in [-0.15, -0.1) is 0 Å². The van der Waals surface area contributed by atoms with E-state index in [1.165, 1.54) is 30.0 Å². The summed E-state index contributed by atoms with van der Waals surface area (Å²) >= 11 is 4.33. The smallest absolute Gasteiger partial charge is 0.446 e. The van der Waals surface area contributed by atoms with Crippen LogP contribution in [0, 0.1) is 11.2 Å². The Morgan fingerprint density at radius 1 is 1.35 bits per heavy atom. The van der Waals surface area contributed by atoms with Crippen LogP contribution in [-0.2, 0) is 4.74 Å². The summed E-state index contributed by atoms with van der Waals surface area (Å²) in [5.74, 6) is -1.26. The van der Waals surface area contributed by atoms with E-state index in [0.29, 0.717) is 17.1 Å². The molecule has 1 atom stereocenters. The zero-order valence-electron chi connectivity index (χ0n) is 16.8. The molecule has 31 heavy (non-hydrogen) atoms. The van der Waals surface area contributed by atoms with Crippen LogP contribution in [0.15, 0.2) is 41.6 Å². The lowest BCUT2D eigenvalue weighted by Gasteiger charge is -2.24. The summed E-state index contributed by atoms with van der Waals surface area (Å²) < 4.78 is 29.6. The van der Waals surface area contributed by atoms with Crippen LogP contribution in [0.3, 0.4) is 0 Å². The van der Waals surface area contributed by atoms with E-state index in [0.717, 1.165) is 4.57 Å². The van der Waals surface area contributed by atoms with E-state index in [1.807, 2.05) is 20.8 Å².